The van der Waals surface area contributed by atoms with E-state index in [0.717, 1.165) is 22.6 Å². The number of rotatable bonds is 7. The lowest BCUT2D eigenvalue weighted by atomic mass is 10.1. The van der Waals surface area contributed by atoms with Gasteiger partial charge in [0.1, 0.15) is 0 Å². The molecule has 0 aliphatic heterocycles. The zero-order valence-corrected chi connectivity index (χ0v) is 9.69. The Balaban J connectivity index is 3.26. The third-order valence-electron chi connectivity index (χ3n) is 1.76. The first-order chi connectivity index (χ1) is 5.66. The quantitative estimate of drug-likeness (QED) is 0.450. The van der Waals surface area contributed by atoms with E-state index in [4.69, 9.17) is 24.4 Å². The second-order valence-corrected chi connectivity index (χ2v) is 4.50. The van der Waals surface area contributed by atoms with Gasteiger partial charge in [0.2, 0.25) is 0 Å². The molecule has 0 fully saturated rings. The third kappa shape index (κ3) is 8.28. The molecule has 0 saturated heterocycles. The highest BCUT2D eigenvalue weighted by Crippen LogP contribution is 2.06. The highest BCUT2D eigenvalue weighted by molar-refractivity contribution is 7.82. The lowest BCUT2D eigenvalue weighted by Crippen LogP contribution is -1.99. The minimum atomic E-state index is 0.872. The molecule has 0 amide bonds. The Morgan fingerprint density at radius 3 is 2.25 bits per heavy atom. The van der Waals surface area contributed by atoms with Crippen molar-refractivity contribution < 1.29 is 0 Å². The van der Waals surface area contributed by atoms with Crippen LogP contribution < -0.4 is 0 Å². The molecule has 0 aliphatic carbocycles. The highest BCUT2D eigenvalue weighted by atomic mass is 32.1. The Morgan fingerprint density at radius 1 is 1.08 bits per heavy atom. The minimum absolute atomic E-state index is 0.872. The molecular weight excluding hydrogens is 184 g/mol. The summed E-state index contributed by atoms with van der Waals surface area (Å²) in [5.74, 6) is 0. The fourth-order valence-electron chi connectivity index (χ4n) is 1.11. The highest BCUT2D eigenvalue weighted by Gasteiger charge is 1.97. The van der Waals surface area contributed by atoms with Crippen molar-refractivity contribution in [3.8, 4) is 0 Å². The van der Waals surface area contributed by atoms with Gasteiger partial charge in [-0.15, -0.1) is 0 Å². The summed E-state index contributed by atoms with van der Waals surface area (Å²) in [6, 6.07) is 0. The third-order valence-corrected chi connectivity index (χ3v) is 2.25. The maximum atomic E-state index is 5.19. The van der Waals surface area contributed by atoms with Gasteiger partial charge in [0.25, 0.3) is 0 Å². The van der Waals surface area contributed by atoms with Crippen molar-refractivity contribution in [3.63, 3.8) is 0 Å². The normalized spacial score (nSPS) is 9.83. The van der Waals surface area contributed by atoms with E-state index in [-0.39, 0.29) is 0 Å². The number of thiocarbonyl (C=S) groups is 2. The van der Waals surface area contributed by atoms with Gasteiger partial charge >= 0.3 is 0 Å². The second kappa shape index (κ2) is 7.81. The van der Waals surface area contributed by atoms with Crippen LogP contribution in [0.1, 0.15) is 52.4 Å². The van der Waals surface area contributed by atoms with E-state index < -0.39 is 0 Å². The summed E-state index contributed by atoms with van der Waals surface area (Å²) < 4.78 is 0. The SMILES string of the molecule is CCCCCCC(=S)CC(C)=S. The van der Waals surface area contributed by atoms with Crippen LogP contribution in [0.15, 0.2) is 0 Å². The fraction of sp³-hybridized carbons (Fsp3) is 0.800. The molecule has 0 atom stereocenters. The van der Waals surface area contributed by atoms with Crippen LogP contribution in [0.4, 0.5) is 0 Å². The van der Waals surface area contributed by atoms with Crippen molar-refractivity contribution in [2.45, 2.75) is 52.4 Å². The minimum Gasteiger partial charge on any atom is -0.0896 e. The van der Waals surface area contributed by atoms with Crippen molar-refractivity contribution in [2.75, 3.05) is 0 Å². The molecule has 0 aromatic rings. The van der Waals surface area contributed by atoms with Gasteiger partial charge in [-0.25, -0.2) is 0 Å². The van der Waals surface area contributed by atoms with Crippen LogP contribution in [0.25, 0.3) is 0 Å². The van der Waals surface area contributed by atoms with E-state index in [9.17, 15) is 0 Å². The predicted molar refractivity (Wildman–Crippen MR) is 64.2 cm³/mol. The Labute approximate surface area is 86.7 Å². The molecule has 70 valence electrons. The van der Waals surface area contributed by atoms with E-state index in [1.807, 2.05) is 6.92 Å². The van der Waals surface area contributed by atoms with E-state index in [1.165, 1.54) is 25.7 Å². The zero-order valence-electron chi connectivity index (χ0n) is 8.06. The second-order valence-electron chi connectivity index (χ2n) is 3.23. The van der Waals surface area contributed by atoms with Gasteiger partial charge in [0.05, 0.1) is 0 Å². The van der Waals surface area contributed by atoms with Crippen molar-refractivity contribution in [2.24, 2.45) is 0 Å². The Kier molecular flexibility index (Phi) is 7.93. The van der Waals surface area contributed by atoms with E-state index in [1.54, 1.807) is 0 Å². The lowest BCUT2D eigenvalue weighted by molar-refractivity contribution is 0.683. The first-order valence-electron chi connectivity index (χ1n) is 4.68. The molecule has 12 heavy (non-hydrogen) atoms. The van der Waals surface area contributed by atoms with Gasteiger partial charge in [-0.1, -0.05) is 50.6 Å². The van der Waals surface area contributed by atoms with Gasteiger partial charge in [-0.05, 0) is 29.5 Å². The molecule has 0 aromatic carbocycles. The average molecular weight is 202 g/mol. The van der Waals surface area contributed by atoms with Crippen LogP contribution in [-0.2, 0) is 0 Å². The van der Waals surface area contributed by atoms with E-state index >= 15 is 0 Å². The molecule has 2 heteroatoms. The van der Waals surface area contributed by atoms with Gasteiger partial charge in [0, 0.05) is 6.42 Å². The first-order valence-corrected chi connectivity index (χ1v) is 5.49. The topological polar surface area (TPSA) is 0 Å². The monoisotopic (exact) mass is 202 g/mol. The Bertz CT molecular complexity index is 150. The van der Waals surface area contributed by atoms with E-state index in [2.05, 4.69) is 6.92 Å². The smallest absolute Gasteiger partial charge is 0.00993 e. The number of unbranched alkanes of at least 4 members (excludes halogenated alkanes) is 3. The summed E-state index contributed by atoms with van der Waals surface area (Å²) in [7, 11) is 0. The Hall–Kier alpha value is 0.180. The molecule has 0 aromatic heterocycles. The maximum absolute atomic E-state index is 5.19. The molecule has 0 saturated carbocycles. The Morgan fingerprint density at radius 2 is 1.75 bits per heavy atom. The van der Waals surface area contributed by atoms with Gasteiger partial charge in [-0.2, -0.15) is 0 Å². The molecule has 0 heterocycles. The standard InChI is InChI=1S/C10H18S2/c1-3-4-5-6-7-10(12)8-9(2)11/h3-8H2,1-2H3. The zero-order chi connectivity index (χ0) is 9.40. The lowest BCUT2D eigenvalue weighted by Gasteiger charge is -2.01. The largest absolute Gasteiger partial charge is 0.0896 e. The van der Waals surface area contributed by atoms with Crippen molar-refractivity contribution in [1.29, 1.82) is 0 Å². The van der Waals surface area contributed by atoms with Crippen LogP contribution in [0, 0.1) is 0 Å². The average Bonchev–Trinajstić information content (AvgIpc) is 1.97. The molecule has 0 bridgehead atoms. The number of hydrogen-bond acceptors (Lipinski definition) is 2. The molecule has 0 aliphatic rings. The van der Waals surface area contributed by atoms with Crippen LogP contribution in [0.3, 0.4) is 0 Å². The van der Waals surface area contributed by atoms with Crippen LogP contribution in [-0.4, -0.2) is 9.73 Å². The molecule has 0 spiro atoms. The van der Waals surface area contributed by atoms with Gasteiger partial charge in [0.15, 0.2) is 0 Å². The molecule has 0 rings (SSSR count). The molecular formula is C10H18S2. The van der Waals surface area contributed by atoms with Crippen molar-refractivity contribution in [3.05, 3.63) is 0 Å². The summed E-state index contributed by atoms with van der Waals surface area (Å²) in [4.78, 5) is 2.16. The van der Waals surface area contributed by atoms with E-state index in [0.29, 0.717) is 0 Å². The van der Waals surface area contributed by atoms with Crippen molar-refractivity contribution in [1.82, 2.24) is 0 Å². The van der Waals surface area contributed by atoms with Crippen LogP contribution in [0.5, 0.6) is 0 Å². The maximum Gasteiger partial charge on any atom is 0.00993 e. The summed E-state index contributed by atoms with van der Waals surface area (Å²) in [5, 5.41) is 0. The number of hydrogen-bond donors (Lipinski definition) is 0. The summed E-state index contributed by atoms with van der Waals surface area (Å²) in [6.07, 6.45) is 7.14. The first kappa shape index (κ1) is 12.2. The van der Waals surface area contributed by atoms with Gasteiger partial charge in [-0.3, -0.25) is 0 Å². The van der Waals surface area contributed by atoms with Gasteiger partial charge < -0.3 is 0 Å². The molecule has 0 unspecified atom stereocenters. The fourth-order valence-corrected chi connectivity index (χ4v) is 1.74. The molecule has 0 N–H and O–H groups in total. The summed E-state index contributed by atoms with van der Waals surface area (Å²) >= 11 is 10.2. The predicted octanol–water partition coefficient (Wildman–Crippen LogP) is 4.11. The summed E-state index contributed by atoms with van der Waals surface area (Å²) in [6.45, 7) is 4.19. The molecule has 0 radical (unpaired) electrons. The summed E-state index contributed by atoms with van der Waals surface area (Å²) in [5.41, 5.74) is 0. The van der Waals surface area contributed by atoms with Crippen LogP contribution >= 0.6 is 24.4 Å². The van der Waals surface area contributed by atoms with Crippen molar-refractivity contribution >= 4 is 34.2 Å². The van der Waals surface area contributed by atoms with Crippen LogP contribution in [0.2, 0.25) is 0 Å². The molecule has 0 nitrogen and oxygen atoms in total.